The normalized spacial score (nSPS) is 10.0. The van der Waals surface area contributed by atoms with Crippen molar-refractivity contribution in [2.75, 3.05) is 0 Å². The number of carbonyl (C=O) groups excluding carboxylic acids is 1. The van der Waals surface area contributed by atoms with Gasteiger partial charge in [0.25, 0.3) is 0 Å². The number of aldehydes is 1. The molecule has 0 radical (unpaired) electrons. The van der Waals surface area contributed by atoms with Crippen molar-refractivity contribution < 1.29 is 9.32 Å². The lowest BCUT2D eigenvalue weighted by Crippen LogP contribution is -1.87. The molecule has 2 heterocycles. The van der Waals surface area contributed by atoms with E-state index in [1.807, 2.05) is 6.07 Å². The fraction of sp³-hybridized carbons (Fsp3) is 0.111. The van der Waals surface area contributed by atoms with Crippen LogP contribution in [0.3, 0.4) is 0 Å². The lowest BCUT2D eigenvalue weighted by atomic mass is 10.3. The van der Waals surface area contributed by atoms with Crippen LogP contribution in [-0.2, 0) is 11.2 Å². The van der Waals surface area contributed by atoms with Gasteiger partial charge in [-0.15, -0.1) is 0 Å². The average Bonchev–Trinajstić information content (AvgIpc) is 2.68. The highest BCUT2D eigenvalue weighted by Crippen LogP contribution is 2.11. The minimum Gasteiger partial charge on any atom is -0.338 e. The molecule has 0 bridgehead atoms. The number of rotatable bonds is 3. The van der Waals surface area contributed by atoms with Crippen LogP contribution in [-0.4, -0.2) is 21.4 Å². The first-order chi connectivity index (χ1) is 6.90. The summed E-state index contributed by atoms with van der Waals surface area (Å²) < 4.78 is 4.83. The van der Waals surface area contributed by atoms with E-state index in [2.05, 4.69) is 15.1 Å². The number of carbonyl (C=O) groups is 1. The summed E-state index contributed by atoms with van der Waals surface area (Å²) in [4.78, 5) is 18.2. The number of nitrogens with zero attached hydrogens (tertiary/aromatic N) is 3. The number of hydrogen-bond donors (Lipinski definition) is 0. The topological polar surface area (TPSA) is 68.9 Å². The van der Waals surface area contributed by atoms with Crippen molar-refractivity contribution in [2.24, 2.45) is 0 Å². The molecule has 0 N–H and O–H groups in total. The first-order valence-electron chi connectivity index (χ1n) is 4.08. The molecule has 0 aromatic carbocycles. The Balaban J connectivity index is 2.29. The maximum Gasteiger partial charge on any atom is 0.234 e. The lowest BCUT2D eigenvalue weighted by Gasteiger charge is -1.88. The Hall–Kier alpha value is -2.04. The standard InChI is InChI=1S/C9H7N3O2/c13-6-4-8-11-9(12-14-8)7-3-1-2-5-10-7/h1-3,5-6H,4H2. The van der Waals surface area contributed by atoms with Crippen molar-refractivity contribution in [3.05, 3.63) is 30.3 Å². The zero-order chi connectivity index (χ0) is 9.80. The maximum atomic E-state index is 10.2. The van der Waals surface area contributed by atoms with Gasteiger partial charge in [0.15, 0.2) is 0 Å². The van der Waals surface area contributed by atoms with Gasteiger partial charge in [-0.05, 0) is 12.1 Å². The van der Waals surface area contributed by atoms with Crippen molar-refractivity contribution in [3.63, 3.8) is 0 Å². The Morgan fingerprint density at radius 3 is 3.07 bits per heavy atom. The van der Waals surface area contributed by atoms with Gasteiger partial charge in [0.05, 0.1) is 6.42 Å². The molecular weight excluding hydrogens is 182 g/mol. The third-order valence-corrected chi connectivity index (χ3v) is 1.62. The van der Waals surface area contributed by atoms with Gasteiger partial charge in [-0.1, -0.05) is 11.2 Å². The Labute approximate surface area is 79.8 Å². The number of hydrogen-bond acceptors (Lipinski definition) is 5. The molecule has 0 amide bonds. The molecule has 0 atom stereocenters. The van der Waals surface area contributed by atoms with Crippen LogP contribution in [0.4, 0.5) is 0 Å². The molecule has 0 aliphatic carbocycles. The van der Waals surface area contributed by atoms with E-state index < -0.39 is 0 Å². The van der Waals surface area contributed by atoms with Crippen LogP contribution in [0.1, 0.15) is 5.89 Å². The first-order valence-corrected chi connectivity index (χ1v) is 4.08. The summed E-state index contributed by atoms with van der Waals surface area (Å²) >= 11 is 0. The Bertz CT molecular complexity index is 425. The Morgan fingerprint density at radius 2 is 2.36 bits per heavy atom. The molecule has 70 valence electrons. The molecule has 0 saturated carbocycles. The SMILES string of the molecule is O=CCc1nc(-c2ccccn2)no1. The molecule has 2 aromatic heterocycles. The van der Waals surface area contributed by atoms with Crippen LogP contribution < -0.4 is 0 Å². The van der Waals surface area contributed by atoms with Gasteiger partial charge in [-0.2, -0.15) is 4.98 Å². The predicted octanol–water partition coefficient (Wildman–Crippen LogP) is 0.873. The van der Waals surface area contributed by atoms with Crippen LogP contribution in [0.5, 0.6) is 0 Å². The van der Waals surface area contributed by atoms with Crippen LogP contribution >= 0.6 is 0 Å². The van der Waals surface area contributed by atoms with Crippen LogP contribution in [0.15, 0.2) is 28.9 Å². The first kappa shape index (κ1) is 8.55. The van der Waals surface area contributed by atoms with E-state index in [0.717, 1.165) is 6.29 Å². The molecule has 0 fully saturated rings. The summed E-state index contributed by atoms with van der Waals surface area (Å²) in [5.41, 5.74) is 0.633. The molecule has 5 nitrogen and oxygen atoms in total. The van der Waals surface area contributed by atoms with Crippen molar-refractivity contribution in [3.8, 4) is 11.5 Å². The fourth-order valence-electron chi connectivity index (χ4n) is 1.01. The Morgan fingerprint density at radius 1 is 1.43 bits per heavy atom. The molecule has 0 aliphatic heterocycles. The zero-order valence-electron chi connectivity index (χ0n) is 7.25. The summed E-state index contributed by atoms with van der Waals surface area (Å²) in [7, 11) is 0. The zero-order valence-corrected chi connectivity index (χ0v) is 7.25. The minimum atomic E-state index is 0.139. The average molecular weight is 189 g/mol. The quantitative estimate of drug-likeness (QED) is 0.670. The molecule has 0 saturated heterocycles. The molecule has 0 aliphatic rings. The van der Waals surface area contributed by atoms with Gasteiger partial charge in [0.1, 0.15) is 12.0 Å². The summed E-state index contributed by atoms with van der Waals surface area (Å²) in [5.74, 6) is 0.711. The highest BCUT2D eigenvalue weighted by atomic mass is 16.5. The molecule has 0 spiro atoms. The monoisotopic (exact) mass is 189 g/mol. The molecule has 2 rings (SSSR count). The molecule has 2 aromatic rings. The van der Waals surface area contributed by atoms with Gasteiger partial charge in [0, 0.05) is 6.20 Å². The van der Waals surface area contributed by atoms with Crippen molar-refractivity contribution >= 4 is 6.29 Å². The summed E-state index contributed by atoms with van der Waals surface area (Å²) in [6.45, 7) is 0. The van der Waals surface area contributed by atoms with E-state index in [4.69, 9.17) is 4.52 Å². The highest BCUT2D eigenvalue weighted by molar-refractivity contribution is 5.53. The van der Waals surface area contributed by atoms with E-state index in [-0.39, 0.29) is 6.42 Å². The Kier molecular flexibility index (Phi) is 2.31. The maximum absolute atomic E-state index is 10.2. The second kappa shape index (κ2) is 3.78. The van der Waals surface area contributed by atoms with Gasteiger partial charge in [-0.25, -0.2) is 0 Å². The minimum absolute atomic E-state index is 0.139. The van der Waals surface area contributed by atoms with Gasteiger partial charge in [0.2, 0.25) is 11.7 Å². The smallest absolute Gasteiger partial charge is 0.234 e. The predicted molar refractivity (Wildman–Crippen MR) is 47.3 cm³/mol. The lowest BCUT2D eigenvalue weighted by molar-refractivity contribution is -0.107. The van der Waals surface area contributed by atoms with E-state index >= 15 is 0 Å². The highest BCUT2D eigenvalue weighted by Gasteiger charge is 2.07. The third-order valence-electron chi connectivity index (χ3n) is 1.62. The fourth-order valence-corrected chi connectivity index (χ4v) is 1.01. The van der Waals surface area contributed by atoms with E-state index in [1.54, 1.807) is 18.3 Å². The van der Waals surface area contributed by atoms with Crippen LogP contribution in [0, 0.1) is 0 Å². The van der Waals surface area contributed by atoms with Crippen molar-refractivity contribution in [2.45, 2.75) is 6.42 Å². The van der Waals surface area contributed by atoms with E-state index in [9.17, 15) is 4.79 Å². The van der Waals surface area contributed by atoms with Crippen LogP contribution in [0.25, 0.3) is 11.5 Å². The molecule has 0 unspecified atom stereocenters. The molecule has 14 heavy (non-hydrogen) atoms. The summed E-state index contributed by atoms with van der Waals surface area (Å²) in [5, 5.41) is 3.70. The number of aromatic nitrogens is 3. The third kappa shape index (κ3) is 1.66. The van der Waals surface area contributed by atoms with Crippen molar-refractivity contribution in [1.29, 1.82) is 0 Å². The van der Waals surface area contributed by atoms with Crippen LogP contribution in [0.2, 0.25) is 0 Å². The van der Waals surface area contributed by atoms with E-state index in [0.29, 0.717) is 17.4 Å². The van der Waals surface area contributed by atoms with Gasteiger partial charge >= 0.3 is 0 Å². The van der Waals surface area contributed by atoms with Crippen molar-refractivity contribution in [1.82, 2.24) is 15.1 Å². The summed E-state index contributed by atoms with van der Waals surface area (Å²) in [6.07, 6.45) is 2.50. The second-order valence-electron chi connectivity index (χ2n) is 2.60. The summed E-state index contributed by atoms with van der Waals surface area (Å²) in [6, 6.07) is 5.41. The second-order valence-corrected chi connectivity index (χ2v) is 2.60. The van der Waals surface area contributed by atoms with Gasteiger partial charge < -0.3 is 9.32 Å². The number of pyridine rings is 1. The molecule has 5 heteroatoms. The largest absolute Gasteiger partial charge is 0.338 e. The van der Waals surface area contributed by atoms with E-state index in [1.165, 1.54) is 0 Å². The molecular formula is C9H7N3O2. The van der Waals surface area contributed by atoms with Gasteiger partial charge in [-0.3, -0.25) is 4.98 Å².